The molecule has 110 valence electrons. The van der Waals surface area contributed by atoms with Crippen LogP contribution in [0.15, 0.2) is 18.2 Å². The van der Waals surface area contributed by atoms with Crippen molar-refractivity contribution in [3.8, 4) is 6.07 Å². The van der Waals surface area contributed by atoms with Gasteiger partial charge in [0, 0.05) is 13.1 Å². The molecule has 0 saturated carbocycles. The first-order chi connectivity index (χ1) is 9.40. The van der Waals surface area contributed by atoms with Crippen LogP contribution in [0.5, 0.6) is 0 Å². The number of nitrogens with two attached hydrogens (primary N) is 1. The molecule has 1 rings (SSSR count). The lowest BCUT2D eigenvalue weighted by atomic mass is 9.92. The molecule has 0 bridgehead atoms. The fourth-order valence-corrected chi connectivity index (χ4v) is 2.26. The lowest BCUT2D eigenvalue weighted by Crippen LogP contribution is -2.38. The summed E-state index contributed by atoms with van der Waals surface area (Å²) < 4.78 is 13.5. The van der Waals surface area contributed by atoms with Crippen LogP contribution >= 0.6 is 0 Å². The smallest absolute Gasteiger partial charge is 0.124 e. The van der Waals surface area contributed by atoms with Gasteiger partial charge >= 0.3 is 0 Å². The highest BCUT2D eigenvalue weighted by molar-refractivity contribution is 5.33. The molecule has 0 aliphatic rings. The second-order valence-electron chi connectivity index (χ2n) is 6.04. The molecule has 0 spiro atoms. The van der Waals surface area contributed by atoms with E-state index in [0.717, 1.165) is 25.1 Å². The van der Waals surface area contributed by atoms with E-state index in [9.17, 15) is 4.39 Å². The first-order valence-electron chi connectivity index (χ1n) is 7.02. The maximum atomic E-state index is 13.5. The van der Waals surface area contributed by atoms with Crippen LogP contribution < -0.4 is 5.73 Å². The van der Waals surface area contributed by atoms with Gasteiger partial charge in [-0.2, -0.15) is 5.26 Å². The van der Waals surface area contributed by atoms with Gasteiger partial charge in [-0.25, -0.2) is 4.39 Å². The van der Waals surface area contributed by atoms with Crippen molar-refractivity contribution in [1.29, 1.82) is 5.26 Å². The maximum Gasteiger partial charge on any atom is 0.124 e. The van der Waals surface area contributed by atoms with Gasteiger partial charge in [0.2, 0.25) is 0 Å². The average molecular weight is 277 g/mol. The van der Waals surface area contributed by atoms with E-state index in [1.165, 1.54) is 12.1 Å². The number of hydrogen-bond donors (Lipinski definition) is 1. The lowest BCUT2D eigenvalue weighted by Gasteiger charge is -2.31. The Labute approximate surface area is 121 Å². The first kappa shape index (κ1) is 16.6. The number of benzene rings is 1. The van der Waals surface area contributed by atoms with Crippen LogP contribution in [-0.2, 0) is 6.54 Å². The van der Waals surface area contributed by atoms with Crippen LogP contribution in [0.2, 0.25) is 0 Å². The lowest BCUT2D eigenvalue weighted by molar-refractivity contribution is 0.176. The van der Waals surface area contributed by atoms with Crippen molar-refractivity contribution < 1.29 is 4.39 Å². The third-order valence-electron chi connectivity index (χ3n) is 3.24. The monoisotopic (exact) mass is 277 g/mol. The minimum absolute atomic E-state index is 0.0283. The Bertz CT molecular complexity index is 477. The Morgan fingerprint density at radius 1 is 1.35 bits per heavy atom. The minimum atomic E-state index is -0.353. The highest BCUT2D eigenvalue weighted by Gasteiger charge is 2.20. The van der Waals surface area contributed by atoms with Gasteiger partial charge in [-0.1, -0.05) is 20.8 Å². The van der Waals surface area contributed by atoms with Crippen molar-refractivity contribution in [2.45, 2.75) is 33.7 Å². The van der Waals surface area contributed by atoms with Crippen molar-refractivity contribution in [3.05, 3.63) is 35.1 Å². The van der Waals surface area contributed by atoms with Gasteiger partial charge in [-0.15, -0.1) is 0 Å². The molecule has 0 aliphatic carbocycles. The Morgan fingerprint density at radius 3 is 2.60 bits per heavy atom. The largest absolute Gasteiger partial charge is 0.330 e. The molecule has 0 aliphatic heterocycles. The molecular formula is C16H24FN3. The Kier molecular flexibility index (Phi) is 6.12. The quantitative estimate of drug-likeness (QED) is 0.833. The van der Waals surface area contributed by atoms with Crippen molar-refractivity contribution in [1.82, 2.24) is 4.90 Å². The van der Waals surface area contributed by atoms with Gasteiger partial charge in [-0.3, -0.25) is 4.90 Å². The van der Waals surface area contributed by atoms with E-state index >= 15 is 0 Å². The predicted molar refractivity (Wildman–Crippen MR) is 79.5 cm³/mol. The average Bonchev–Trinajstić information content (AvgIpc) is 2.37. The van der Waals surface area contributed by atoms with E-state index in [2.05, 4.69) is 25.7 Å². The molecule has 20 heavy (non-hydrogen) atoms. The maximum absolute atomic E-state index is 13.5. The van der Waals surface area contributed by atoms with Crippen LogP contribution in [0.4, 0.5) is 4.39 Å². The third kappa shape index (κ3) is 5.28. The fourth-order valence-electron chi connectivity index (χ4n) is 2.26. The summed E-state index contributed by atoms with van der Waals surface area (Å²) in [6.45, 7) is 9.42. The topological polar surface area (TPSA) is 53.0 Å². The third-order valence-corrected chi connectivity index (χ3v) is 3.24. The van der Waals surface area contributed by atoms with E-state index in [-0.39, 0.29) is 11.2 Å². The molecule has 0 aromatic heterocycles. The fraction of sp³-hybridized carbons (Fsp3) is 0.562. The molecule has 0 amide bonds. The summed E-state index contributed by atoms with van der Waals surface area (Å²) in [6, 6.07) is 6.51. The molecule has 0 unspecified atom stereocenters. The van der Waals surface area contributed by atoms with E-state index in [0.29, 0.717) is 18.7 Å². The Hall–Kier alpha value is -1.44. The molecule has 0 saturated heterocycles. The summed E-state index contributed by atoms with van der Waals surface area (Å²) in [7, 11) is 0. The van der Waals surface area contributed by atoms with Crippen LogP contribution in [-0.4, -0.2) is 24.5 Å². The van der Waals surface area contributed by atoms with Crippen molar-refractivity contribution in [2.75, 3.05) is 19.6 Å². The first-order valence-corrected chi connectivity index (χ1v) is 7.02. The van der Waals surface area contributed by atoms with Gasteiger partial charge < -0.3 is 5.73 Å². The summed E-state index contributed by atoms with van der Waals surface area (Å²) in [5, 5.41) is 8.90. The number of hydrogen-bond acceptors (Lipinski definition) is 3. The van der Waals surface area contributed by atoms with Gasteiger partial charge in [0.15, 0.2) is 0 Å². The summed E-state index contributed by atoms with van der Waals surface area (Å²) in [6.07, 6.45) is 1.03. The van der Waals surface area contributed by atoms with Crippen molar-refractivity contribution >= 4 is 0 Å². The minimum Gasteiger partial charge on any atom is -0.330 e. The normalized spacial score (nSPS) is 11.7. The van der Waals surface area contributed by atoms with Crippen LogP contribution in [0.3, 0.4) is 0 Å². The molecule has 4 heteroatoms. The number of rotatable bonds is 7. The zero-order chi connectivity index (χ0) is 15.2. The molecule has 1 aromatic rings. The van der Waals surface area contributed by atoms with Crippen molar-refractivity contribution in [2.24, 2.45) is 11.1 Å². The van der Waals surface area contributed by atoms with E-state index in [4.69, 9.17) is 11.0 Å². The molecule has 3 nitrogen and oxygen atoms in total. The van der Waals surface area contributed by atoms with Gasteiger partial charge in [-0.05, 0) is 48.7 Å². The number of nitrogens with zero attached hydrogens (tertiary/aromatic N) is 2. The van der Waals surface area contributed by atoms with Gasteiger partial charge in [0.1, 0.15) is 5.82 Å². The molecule has 0 fully saturated rings. The summed E-state index contributed by atoms with van der Waals surface area (Å²) in [5.74, 6) is -0.353. The molecule has 0 atom stereocenters. The highest BCUT2D eigenvalue weighted by atomic mass is 19.1. The number of halogens is 1. The molecule has 2 N–H and O–H groups in total. The molecule has 1 aromatic carbocycles. The second-order valence-corrected chi connectivity index (χ2v) is 6.04. The van der Waals surface area contributed by atoms with Crippen LogP contribution in [0, 0.1) is 22.6 Å². The van der Waals surface area contributed by atoms with Gasteiger partial charge in [0.05, 0.1) is 11.6 Å². The number of nitriles is 1. The van der Waals surface area contributed by atoms with E-state index < -0.39 is 0 Å². The van der Waals surface area contributed by atoms with Gasteiger partial charge in [0.25, 0.3) is 0 Å². The Balaban J connectivity index is 2.85. The van der Waals surface area contributed by atoms with Crippen LogP contribution in [0.25, 0.3) is 0 Å². The Morgan fingerprint density at radius 2 is 2.05 bits per heavy atom. The van der Waals surface area contributed by atoms with E-state index in [1.807, 2.05) is 6.07 Å². The molecule has 0 radical (unpaired) electrons. The van der Waals surface area contributed by atoms with Crippen LogP contribution in [0.1, 0.15) is 38.3 Å². The van der Waals surface area contributed by atoms with Crippen molar-refractivity contribution in [3.63, 3.8) is 0 Å². The zero-order valence-electron chi connectivity index (χ0n) is 12.6. The molecular weight excluding hydrogens is 253 g/mol. The summed E-state index contributed by atoms with van der Waals surface area (Å²) in [5.41, 5.74) is 7.02. The standard InChI is InChI=1S/C16H24FN3/c1-4-5-20(12-16(2,3)11-19)10-14-6-13(9-18)7-15(17)8-14/h6-8H,4-5,10-12,19H2,1-3H3. The molecule has 0 heterocycles. The predicted octanol–water partition coefficient (Wildman–Crippen LogP) is 2.89. The SMILES string of the molecule is CCCN(Cc1cc(F)cc(C#N)c1)CC(C)(C)CN. The summed E-state index contributed by atoms with van der Waals surface area (Å²) >= 11 is 0. The summed E-state index contributed by atoms with van der Waals surface area (Å²) in [4.78, 5) is 2.27. The second kappa shape index (κ2) is 7.37. The van der Waals surface area contributed by atoms with E-state index in [1.54, 1.807) is 6.07 Å². The zero-order valence-corrected chi connectivity index (χ0v) is 12.6. The highest BCUT2D eigenvalue weighted by Crippen LogP contribution is 2.18.